The number of halogens is 2. The molecule has 0 radical (unpaired) electrons. The van der Waals surface area contributed by atoms with Crippen LogP contribution < -0.4 is 4.74 Å². The molecule has 1 fully saturated rings. The number of hydrogen-bond donors (Lipinski definition) is 0. The van der Waals surface area contributed by atoms with Crippen LogP contribution in [0.2, 0.25) is 5.02 Å². The van der Waals surface area contributed by atoms with Crippen molar-refractivity contribution in [2.75, 3.05) is 18.8 Å². The van der Waals surface area contributed by atoms with Crippen LogP contribution in [0.1, 0.15) is 24.3 Å². The molecule has 0 aromatic heterocycles. The summed E-state index contributed by atoms with van der Waals surface area (Å²) in [7, 11) is 0. The van der Waals surface area contributed by atoms with Crippen LogP contribution in [0.5, 0.6) is 11.5 Å². The number of piperidine rings is 1. The van der Waals surface area contributed by atoms with E-state index in [4.69, 9.17) is 20.7 Å². The third-order valence-corrected chi connectivity index (χ3v) is 5.42. The third-order valence-electron chi connectivity index (χ3n) is 4.52. The molecule has 4 rings (SSSR count). The molecule has 0 aliphatic carbocycles. The van der Waals surface area contributed by atoms with Crippen molar-refractivity contribution in [3.05, 3.63) is 58.9 Å². The third kappa shape index (κ3) is 3.77. The van der Waals surface area contributed by atoms with E-state index in [1.165, 1.54) is 30.0 Å². The summed E-state index contributed by atoms with van der Waals surface area (Å²) in [6, 6.07) is 12.2. The van der Waals surface area contributed by atoms with Crippen molar-refractivity contribution < 1.29 is 9.13 Å². The number of benzene rings is 2. The van der Waals surface area contributed by atoms with Gasteiger partial charge in [-0.2, -0.15) is 0 Å². The highest BCUT2D eigenvalue weighted by atomic mass is 35.5. The Morgan fingerprint density at radius 2 is 1.96 bits per heavy atom. The van der Waals surface area contributed by atoms with Crippen LogP contribution in [-0.2, 0) is 0 Å². The molecule has 2 heterocycles. The van der Waals surface area contributed by atoms with Crippen molar-refractivity contribution in [3.63, 3.8) is 0 Å². The van der Waals surface area contributed by atoms with E-state index in [2.05, 4.69) is 17.0 Å². The molecule has 0 N–H and O–H groups in total. The van der Waals surface area contributed by atoms with Crippen molar-refractivity contribution in [2.45, 2.75) is 18.8 Å². The number of nitrogens with zero attached hydrogens (tertiary/aromatic N) is 2. The smallest absolute Gasteiger partial charge is 0.131 e. The highest BCUT2D eigenvalue weighted by molar-refractivity contribution is 7.98. The Morgan fingerprint density at radius 1 is 1.12 bits per heavy atom. The summed E-state index contributed by atoms with van der Waals surface area (Å²) >= 11 is 7.53. The van der Waals surface area contributed by atoms with E-state index < -0.39 is 5.82 Å². The zero-order valence-corrected chi connectivity index (χ0v) is 15.2. The fourth-order valence-corrected chi connectivity index (χ4v) is 4.35. The predicted octanol–water partition coefficient (Wildman–Crippen LogP) is 5.51. The molecule has 2 aliphatic rings. The van der Waals surface area contributed by atoms with Gasteiger partial charge in [-0.3, -0.25) is 0 Å². The zero-order chi connectivity index (χ0) is 17.2. The fraction of sp³-hybridized carbons (Fsp3) is 0.316. The molecule has 6 heteroatoms. The summed E-state index contributed by atoms with van der Waals surface area (Å²) in [5.41, 5.74) is 1.25. The maximum Gasteiger partial charge on any atom is 0.131 e. The first kappa shape index (κ1) is 16.7. The van der Waals surface area contributed by atoms with Crippen molar-refractivity contribution in [1.82, 2.24) is 4.90 Å². The summed E-state index contributed by atoms with van der Waals surface area (Å²) in [5.74, 6) is 3.27. The van der Waals surface area contributed by atoms with Crippen LogP contribution in [-0.4, -0.2) is 29.6 Å². The molecule has 1 atom stereocenters. The van der Waals surface area contributed by atoms with Crippen molar-refractivity contribution >= 4 is 29.4 Å². The first-order valence-corrected chi connectivity index (χ1v) is 9.70. The first-order chi connectivity index (χ1) is 12.2. The SMILES string of the molecule is Fc1cc(Cl)cc(Oc2ccc(C3CCCN4CCSN=C34)cc2)c1. The van der Waals surface area contributed by atoms with E-state index in [1.54, 1.807) is 18.0 Å². The van der Waals surface area contributed by atoms with E-state index in [-0.39, 0.29) is 0 Å². The number of fused-ring (bicyclic) bond motifs is 1. The highest BCUT2D eigenvalue weighted by Crippen LogP contribution is 2.34. The number of hydrogen-bond acceptors (Lipinski definition) is 4. The van der Waals surface area contributed by atoms with Crippen LogP contribution in [0.3, 0.4) is 0 Å². The summed E-state index contributed by atoms with van der Waals surface area (Å²) in [4.78, 5) is 2.41. The van der Waals surface area contributed by atoms with Crippen molar-refractivity contribution in [2.24, 2.45) is 4.40 Å². The van der Waals surface area contributed by atoms with E-state index in [9.17, 15) is 4.39 Å². The lowest BCUT2D eigenvalue weighted by atomic mass is 9.89. The molecule has 0 saturated carbocycles. The summed E-state index contributed by atoms with van der Waals surface area (Å²) in [6.07, 6.45) is 2.31. The predicted molar refractivity (Wildman–Crippen MR) is 101 cm³/mol. The van der Waals surface area contributed by atoms with Gasteiger partial charge in [0, 0.05) is 35.8 Å². The van der Waals surface area contributed by atoms with Gasteiger partial charge in [-0.25, -0.2) is 8.79 Å². The standard InChI is InChI=1S/C19H18ClFN2OS/c20-14-10-15(21)12-17(11-14)24-16-5-3-13(4-6-16)18-2-1-7-23-8-9-25-22-19(18)23/h3-6,10-12,18H,1-2,7-9H2. The van der Waals surface area contributed by atoms with Crippen molar-refractivity contribution in [1.29, 1.82) is 0 Å². The zero-order valence-electron chi connectivity index (χ0n) is 13.6. The van der Waals surface area contributed by atoms with E-state index >= 15 is 0 Å². The maximum absolute atomic E-state index is 13.4. The molecule has 2 aromatic rings. The van der Waals surface area contributed by atoms with Crippen molar-refractivity contribution in [3.8, 4) is 11.5 Å². The Morgan fingerprint density at radius 3 is 2.76 bits per heavy atom. The molecule has 0 spiro atoms. The van der Waals surface area contributed by atoms with Gasteiger partial charge in [0.2, 0.25) is 0 Å². The van der Waals surface area contributed by atoms with Gasteiger partial charge in [0.15, 0.2) is 0 Å². The topological polar surface area (TPSA) is 24.8 Å². The van der Waals surface area contributed by atoms with E-state index in [0.717, 1.165) is 25.3 Å². The molecule has 25 heavy (non-hydrogen) atoms. The molecule has 2 aromatic carbocycles. The summed E-state index contributed by atoms with van der Waals surface area (Å²) in [5, 5.41) is 0.321. The Labute approximate surface area is 156 Å². The van der Waals surface area contributed by atoms with Gasteiger partial charge >= 0.3 is 0 Å². The fourth-order valence-electron chi connectivity index (χ4n) is 3.37. The van der Waals surface area contributed by atoms with E-state index in [1.807, 2.05) is 12.1 Å². The largest absolute Gasteiger partial charge is 0.457 e. The van der Waals surface area contributed by atoms with Crippen LogP contribution >= 0.6 is 23.5 Å². The second kappa shape index (κ2) is 7.26. The lowest BCUT2D eigenvalue weighted by molar-refractivity contribution is 0.371. The summed E-state index contributed by atoms with van der Waals surface area (Å²) in [6.45, 7) is 2.19. The van der Waals surface area contributed by atoms with Crippen LogP contribution in [0, 0.1) is 5.82 Å². The lowest BCUT2D eigenvalue weighted by Crippen LogP contribution is -2.42. The Bertz CT molecular complexity index is 776. The average Bonchev–Trinajstić information content (AvgIpc) is 2.61. The molecular formula is C19H18ClFN2OS. The lowest BCUT2D eigenvalue weighted by Gasteiger charge is -2.37. The molecule has 130 valence electrons. The molecule has 0 bridgehead atoms. The molecule has 1 unspecified atom stereocenters. The highest BCUT2D eigenvalue weighted by Gasteiger charge is 2.29. The Balaban J connectivity index is 1.52. The van der Waals surface area contributed by atoms with Gasteiger partial charge < -0.3 is 9.64 Å². The number of ether oxygens (including phenoxy) is 1. The first-order valence-electron chi connectivity index (χ1n) is 8.38. The maximum atomic E-state index is 13.4. The van der Waals surface area contributed by atoms with Crippen LogP contribution in [0.25, 0.3) is 0 Å². The number of rotatable bonds is 3. The minimum absolute atomic E-state index is 0.321. The van der Waals surface area contributed by atoms with Gasteiger partial charge in [0.25, 0.3) is 0 Å². The second-order valence-corrected chi connectivity index (χ2v) is 7.53. The normalized spacial score (nSPS) is 20.0. The minimum Gasteiger partial charge on any atom is -0.457 e. The molecule has 2 aliphatic heterocycles. The van der Waals surface area contributed by atoms with Crippen LogP contribution in [0.15, 0.2) is 46.9 Å². The quantitative estimate of drug-likeness (QED) is 0.660. The van der Waals surface area contributed by atoms with Gasteiger partial charge in [-0.1, -0.05) is 23.7 Å². The average molecular weight is 377 g/mol. The Hall–Kier alpha value is -1.72. The van der Waals surface area contributed by atoms with Gasteiger partial charge in [-0.15, -0.1) is 0 Å². The van der Waals surface area contributed by atoms with Gasteiger partial charge in [0.05, 0.1) is 0 Å². The molecule has 3 nitrogen and oxygen atoms in total. The number of amidine groups is 1. The van der Waals surface area contributed by atoms with Gasteiger partial charge in [-0.05, 0) is 54.6 Å². The Kier molecular flexibility index (Phi) is 4.86. The summed E-state index contributed by atoms with van der Waals surface area (Å²) < 4.78 is 23.8. The van der Waals surface area contributed by atoms with E-state index in [0.29, 0.717) is 22.4 Å². The monoisotopic (exact) mass is 376 g/mol. The second-order valence-electron chi connectivity index (χ2n) is 6.24. The molecular weight excluding hydrogens is 359 g/mol. The minimum atomic E-state index is -0.408. The van der Waals surface area contributed by atoms with Crippen LogP contribution in [0.4, 0.5) is 4.39 Å². The molecule has 1 saturated heterocycles. The van der Waals surface area contributed by atoms with Gasteiger partial charge in [0.1, 0.15) is 23.2 Å². The molecule has 0 amide bonds.